The van der Waals surface area contributed by atoms with Gasteiger partial charge < -0.3 is 9.80 Å². The predicted octanol–water partition coefficient (Wildman–Crippen LogP) is 2.43. The summed E-state index contributed by atoms with van der Waals surface area (Å²) < 4.78 is 23.7. The van der Waals surface area contributed by atoms with Crippen LogP contribution < -0.4 is 4.90 Å². The quantitative estimate of drug-likeness (QED) is 0.834. The molecule has 0 saturated heterocycles. The third kappa shape index (κ3) is 4.14. The Balaban J connectivity index is 2.22. The summed E-state index contributed by atoms with van der Waals surface area (Å²) >= 11 is 0. The second-order valence-corrected chi connectivity index (χ2v) is 7.97. The van der Waals surface area contributed by atoms with Crippen LogP contribution in [0, 0.1) is 0 Å². The van der Waals surface area contributed by atoms with Crippen molar-refractivity contribution in [1.82, 2.24) is 4.90 Å². The highest BCUT2D eigenvalue weighted by atomic mass is 32.2. The van der Waals surface area contributed by atoms with Crippen LogP contribution in [0.15, 0.2) is 53.4 Å². The molecule has 2 rings (SSSR count). The van der Waals surface area contributed by atoms with Crippen LogP contribution in [-0.2, 0) is 16.4 Å². The van der Waals surface area contributed by atoms with Gasteiger partial charge >= 0.3 is 0 Å². The lowest BCUT2D eigenvalue weighted by Crippen LogP contribution is -2.27. The first-order chi connectivity index (χ1) is 11.2. The molecule has 0 radical (unpaired) electrons. The third-order valence-electron chi connectivity index (χ3n) is 3.74. The van der Waals surface area contributed by atoms with Crippen molar-refractivity contribution < 1.29 is 13.2 Å². The number of carbonyl (C=O) groups excluding carboxylic acids is 1. The monoisotopic (exact) mass is 346 g/mol. The van der Waals surface area contributed by atoms with E-state index in [0.717, 1.165) is 17.5 Å². The van der Waals surface area contributed by atoms with Gasteiger partial charge in [0.2, 0.25) is 0 Å². The van der Waals surface area contributed by atoms with Crippen molar-refractivity contribution in [3.05, 3.63) is 59.7 Å². The molecule has 0 spiro atoms. The van der Waals surface area contributed by atoms with E-state index >= 15 is 0 Å². The molecule has 6 heteroatoms. The Morgan fingerprint density at radius 1 is 0.958 bits per heavy atom. The molecule has 24 heavy (non-hydrogen) atoms. The molecular weight excluding hydrogens is 324 g/mol. The highest BCUT2D eigenvalue weighted by Gasteiger charge is 2.20. The summed E-state index contributed by atoms with van der Waals surface area (Å²) in [6, 6.07) is 14.2. The molecule has 0 aliphatic rings. The smallest absolute Gasteiger partial charge is 0.255 e. The molecule has 0 bridgehead atoms. The number of sulfone groups is 1. The predicted molar refractivity (Wildman–Crippen MR) is 96.1 cm³/mol. The van der Waals surface area contributed by atoms with Gasteiger partial charge in [-0.25, -0.2) is 8.42 Å². The third-order valence-corrected chi connectivity index (χ3v) is 4.89. The molecule has 2 aromatic carbocycles. The number of carbonyl (C=O) groups is 1. The van der Waals surface area contributed by atoms with E-state index < -0.39 is 9.84 Å². The zero-order valence-electron chi connectivity index (χ0n) is 14.4. The zero-order chi connectivity index (χ0) is 17.9. The molecule has 2 aromatic rings. The van der Waals surface area contributed by atoms with E-state index in [9.17, 15) is 13.2 Å². The Bertz CT molecular complexity index is 828. The van der Waals surface area contributed by atoms with Crippen LogP contribution in [0.2, 0.25) is 0 Å². The van der Waals surface area contributed by atoms with Gasteiger partial charge in [0.05, 0.1) is 10.5 Å². The van der Waals surface area contributed by atoms with Gasteiger partial charge in [0, 0.05) is 39.6 Å². The average molecular weight is 346 g/mol. The first-order valence-electron chi connectivity index (χ1n) is 7.51. The van der Waals surface area contributed by atoms with E-state index in [0.29, 0.717) is 6.54 Å². The van der Waals surface area contributed by atoms with Crippen LogP contribution in [0.1, 0.15) is 15.9 Å². The second kappa shape index (κ2) is 7.05. The fourth-order valence-electron chi connectivity index (χ4n) is 2.42. The molecule has 128 valence electrons. The fraction of sp³-hybridized carbons (Fsp3) is 0.278. The van der Waals surface area contributed by atoms with Crippen molar-refractivity contribution in [2.24, 2.45) is 0 Å². The summed E-state index contributed by atoms with van der Waals surface area (Å²) in [6.07, 6.45) is 1.11. The normalized spacial score (nSPS) is 11.2. The lowest BCUT2D eigenvalue weighted by molar-refractivity contribution is 0.0781. The van der Waals surface area contributed by atoms with Gasteiger partial charge in [-0.15, -0.1) is 0 Å². The molecule has 0 aliphatic heterocycles. The van der Waals surface area contributed by atoms with Crippen LogP contribution in [0.4, 0.5) is 5.69 Å². The number of anilines is 1. The molecule has 0 heterocycles. The van der Waals surface area contributed by atoms with E-state index in [-0.39, 0.29) is 16.4 Å². The summed E-state index contributed by atoms with van der Waals surface area (Å²) in [5, 5.41) is 0. The highest BCUT2D eigenvalue weighted by Crippen LogP contribution is 2.19. The molecule has 0 N–H and O–H groups in total. The Morgan fingerprint density at radius 3 is 2.08 bits per heavy atom. The minimum atomic E-state index is -3.45. The van der Waals surface area contributed by atoms with Crippen molar-refractivity contribution in [3.8, 4) is 0 Å². The van der Waals surface area contributed by atoms with Gasteiger partial charge in [-0.05, 0) is 29.8 Å². The van der Waals surface area contributed by atoms with Crippen LogP contribution in [0.3, 0.4) is 0 Å². The summed E-state index contributed by atoms with van der Waals surface area (Å²) in [5.74, 6) is -0.312. The van der Waals surface area contributed by atoms with E-state index in [1.165, 1.54) is 11.0 Å². The first kappa shape index (κ1) is 18.0. The van der Waals surface area contributed by atoms with Crippen LogP contribution in [0.5, 0.6) is 0 Å². The zero-order valence-corrected chi connectivity index (χ0v) is 15.2. The summed E-state index contributed by atoms with van der Waals surface area (Å²) in [7, 11) is 2.14. The fourth-order valence-corrected chi connectivity index (χ4v) is 3.30. The largest absolute Gasteiger partial charge is 0.378 e. The Morgan fingerprint density at radius 2 is 1.54 bits per heavy atom. The average Bonchev–Trinajstić information content (AvgIpc) is 2.53. The Hall–Kier alpha value is -2.34. The standard InChI is InChI=1S/C18H22N2O3S/c1-19(2)15-11-9-14(10-12-15)13-20(3)18(21)16-7-5-6-8-17(16)24(4,22)23/h5-12H,13H2,1-4H3. The minimum absolute atomic E-state index is 0.0600. The topological polar surface area (TPSA) is 57.7 Å². The molecule has 1 amide bonds. The van der Waals surface area contributed by atoms with Gasteiger partial charge in [0.25, 0.3) is 5.91 Å². The van der Waals surface area contributed by atoms with Gasteiger partial charge in [-0.1, -0.05) is 24.3 Å². The molecule has 5 nitrogen and oxygen atoms in total. The summed E-state index contributed by atoms with van der Waals surface area (Å²) in [4.78, 5) is 16.2. The van der Waals surface area contributed by atoms with E-state index in [1.807, 2.05) is 43.3 Å². The van der Waals surface area contributed by atoms with E-state index in [1.54, 1.807) is 25.2 Å². The molecule has 0 fully saturated rings. The van der Waals surface area contributed by atoms with Crippen molar-refractivity contribution in [2.75, 3.05) is 32.3 Å². The number of amides is 1. The van der Waals surface area contributed by atoms with Gasteiger partial charge in [-0.2, -0.15) is 0 Å². The molecule has 0 atom stereocenters. The lowest BCUT2D eigenvalue weighted by Gasteiger charge is -2.19. The van der Waals surface area contributed by atoms with E-state index in [4.69, 9.17) is 0 Å². The SMILES string of the molecule is CN(Cc1ccc(N(C)C)cc1)C(=O)c1ccccc1S(C)(=O)=O. The molecule has 0 aromatic heterocycles. The Labute approximate surface area is 143 Å². The second-order valence-electron chi connectivity index (χ2n) is 5.99. The molecular formula is C18H22N2O3S. The summed E-state index contributed by atoms with van der Waals surface area (Å²) in [6.45, 7) is 0.407. The first-order valence-corrected chi connectivity index (χ1v) is 9.40. The minimum Gasteiger partial charge on any atom is -0.378 e. The Kier molecular flexibility index (Phi) is 5.29. The van der Waals surface area contributed by atoms with Crippen molar-refractivity contribution >= 4 is 21.4 Å². The molecule has 0 aliphatic carbocycles. The maximum Gasteiger partial charge on any atom is 0.255 e. The highest BCUT2D eigenvalue weighted by molar-refractivity contribution is 7.90. The van der Waals surface area contributed by atoms with Gasteiger partial charge in [-0.3, -0.25) is 4.79 Å². The number of hydrogen-bond acceptors (Lipinski definition) is 4. The van der Waals surface area contributed by atoms with Gasteiger partial charge in [0.15, 0.2) is 9.84 Å². The van der Waals surface area contributed by atoms with Crippen LogP contribution in [0.25, 0.3) is 0 Å². The van der Waals surface area contributed by atoms with Crippen molar-refractivity contribution in [2.45, 2.75) is 11.4 Å². The van der Waals surface area contributed by atoms with Crippen LogP contribution in [-0.4, -0.2) is 46.6 Å². The molecule has 0 unspecified atom stereocenters. The maximum absolute atomic E-state index is 12.6. The number of benzene rings is 2. The van der Waals surface area contributed by atoms with Crippen LogP contribution >= 0.6 is 0 Å². The summed E-state index contributed by atoms with van der Waals surface area (Å²) in [5.41, 5.74) is 2.26. The number of hydrogen-bond donors (Lipinski definition) is 0. The van der Waals surface area contributed by atoms with E-state index in [2.05, 4.69) is 0 Å². The maximum atomic E-state index is 12.6. The molecule has 0 saturated carbocycles. The number of nitrogens with zero attached hydrogens (tertiary/aromatic N) is 2. The van der Waals surface area contributed by atoms with Crippen molar-refractivity contribution in [3.63, 3.8) is 0 Å². The number of rotatable bonds is 5. The lowest BCUT2D eigenvalue weighted by atomic mass is 10.1. The van der Waals surface area contributed by atoms with Crippen molar-refractivity contribution in [1.29, 1.82) is 0 Å². The van der Waals surface area contributed by atoms with Gasteiger partial charge in [0.1, 0.15) is 0 Å².